The molecule has 6 nitrogen and oxygen atoms in total. The van der Waals surface area contributed by atoms with Crippen LogP contribution in [0.4, 0.5) is 4.39 Å². The Morgan fingerprint density at radius 2 is 2.07 bits per heavy atom. The van der Waals surface area contributed by atoms with Crippen LogP contribution in [0.1, 0.15) is 39.1 Å². The molecule has 7 heteroatoms. The Morgan fingerprint density at radius 3 is 2.79 bits per heavy atom. The number of carbonyl (C=O) groups is 2. The smallest absolute Gasteiger partial charge is 0.335 e. The van der Waals surface area contributed by atoms with Gasteiger partial charge < -0.3 is 15.2 Å². The maximum atomic E-state index is 13.8. The molecule has 1 fully saturated rings. The molecule has 1 aliphatic heterocycles. The lowest BCUT2D eigenvalue weighted by Crippen LogP contribution is -2.40. The van der Waals surface area contributed by atoms with Gasteiger partial charge in [-0.2, -0.15) is 0 Å². The summed E-state index contributed by atoms with van der Waals surface area (Å²) in [5, 5.41) is 12.0. The van der Waals surface area contributed by atoms with Gasteiger partial charge in [0, 0.05) is 25.2 Å². The van der Waals surface area contributed by atoms with Gasteiger partial charge in [-0.1, -0.05) is 12.1 Å². The predicted molar refractivity (Wildman–Crippen MR) is 107 cm³/mol. The van der Waals surface area contributed by atoms with E-state index in [4.69, 9.17) is 9.84 Å². The molecular weight excluding hydrogens is 375 g/mol. The third kappa shape index (κ3) is 5.54. The van der Waals surface area contributed by atoms with Crippen molar-refractivity contribution in [1.29, 1.82) is 0 Å². The molecule has 1 atom stereocenters. The first-order valence-corrected chi connectivity index (χ1v) is 9.62. The first-order valence-electron chi connectivity index (χ1n) is 9.62. The van der Waals surface area contributed by atoms with Gasteiger partial charge in [-0.05, 0) is 61.2 Å². The number of halogens is 1. The van der Waals surface area contributed by atoms with E-state index in [-0.39, 0.29) is 22.8 Å². The summed E-state index contributed by atoms with van der Waals surface area (Å²) in [6, 6.07) is 11.1. The number of carbonyl (C=O) groups excluding carboxylic acids is 1. The van der Waals surface area contributed by atoms with Crippen LogP contribution in [0.25, 0.3) is 0 Å². The van der Waals surface area contributed by atoms with Crippen molar-refractivity contribution < 1.29 is 23.8 Å². The number of aromatic carboxylic acids is 1. The van der Waals surface area contributed by atoms with Crippen molar-refractivity contribution in [3.05, 3.63) is 65.0 Å². The molecule has 0 aromatic heterocycles. The molecule has 2 aromatic rings. The molecule has 1 aliphatic rings. The quantitative estimate of drug-likeness (QED) is 0.746. The molecule has 2 N–H and O–H groups in total. The third-order valence-electron chi connectivity index (χ3n) is 5.15. The van der Waals surface area contributed by atoms with Gasteiger partial charge >= 0.3 is 5.97 Å². The van der Waals surface area contributed by atoms with E-state index in [1.807, 2.05) is 6.07 Å². The SMILES string of the molecule is COc1ccc(C(=O)NCC2CCCN(Cc3cccc(C(=O)O)c3)C2)cc1F. The highest BCUT2D eigenvalue weighted by atomic mass is 19.1. The first-order chi connectivity index (χ1) is 14.0. The molecule has 1 amide bonds. The van der Waals surface area contributed by atoms with Crippen molar-refractivity contribution in [3.63, 3.8) is 0 Å². The van der Waals surface area contributed by atoms with Crippen LogP contribution in [-0.2, 0) is 6.54 Å². The van der Waals surface area contributed by atoms with Crippen molar-refractivity contribution in [2.24, 2.45) is 5.92 Å². The number of carboxylic acid groups (broad SMARTS) is 1. The molecule has 0 aliphatic carbocycles. The maximum Gasteiger partial charge on any atom is 0.335 e. The summed E-state index contributed by atoms with van der Waals surface area (Å²) < 4.78 is 18.7. The molecule has 29 heavy (non-hydrogen) atoms. The highest BCUT2D eigenvalue weighted by molar-refractivity contribution is 5.94. The number of nitrogens with zero attached hydrogens (tertiary/aromatic N) is 1. The summed E-state index contributed by atoms with van der Waals surface area (Å²) in [6.07, 6.45) is 2.01. The average molecular weight is 400 g/mol. The summed E-state index contributed by atoms with van der Waals surface area (Å²) >= 11 is 0. The molecule has 1 unspecified atom stereocenters. The molecule has 1 saturated heterocycles. The van der Waals surface area contributed by atoms with Gasteiger partial charge in [-0.15, -0.1) is 0 Å². The van der Waals surface area contributed by atoms with Crippen LogP contribution in [0.5, 0.6) is 5.75 Å². The number of methoxy groups -OCH3 is 1. The Kier molecular flexibility index (Phi) is 6.82. The van der Waals surface area contributed by atoms with Crippen LogP contribution >= 0.6 is 0 Å². The van der Waals surface area contributed by atoms with Crippen molar-refractivity contribution >= 4 is 11.9 Å². The number of hydrogen-bond donors (Lipinski definition) is 2. The van der Waals surface area contributed by atoms with E-state index in [9.17, 15) is 14.0 Å². The predicted octanol–water partition coefficient (Wildman–Crippen LogP) is 3.17. The maximum absolute atomic E-state index is 13.8. The summed E-state index contributed by atoms with van der Waals surface area (Å²) in [6.45, 7) is 2.94. The van der Waals surface area contributed by atoms with Crippen molar-refractivity contribution in [3.8, 4) is 5.75 Å². The van der Waals surface area contributed by atoms with Crippen molar-refractivity contribution in [2.45, 2.75) is 19.4 Å². The Bertz CT molecular complexity index is 887. The minimum atomic E-state index is -0.930. The van der Waals surface area contributed by atoms with E-state index < -0.39 is 11.8 Å². The minimum absolute atomic E-state index is 0.108. The molecule has 0 saturated carbocycles. The summed E-state index contributed by atoms with van der Waals surface area (Å²) in [5.74, 6) is -1.40. The monoisotopic (exact) mass is 400 g/mol. The van der Waals surface area contributed by atoms with Gasteiger partial charge in [-0.25, -0.2) is 9.18 Å². The Labute approximate surface area is 169 Å². The summed E-state index contributed by atoms with van der Waals surface area (Å²) in [4.78, 5) is 25.7. The van der Waals surface area contributed by atoms with Crippen LogP contribution in [-0.4, -0.2) is 48.6 Å². The number of benzene rings is 2. The van der Waals surface area contributed by atoms with Gasteiger partial charge in [0.05, 0.1) is 12.7 Å². The second-order valence-electron chi connectivity index (χ2n) is 7.31. The summed E-state index contributed by atoms with van der Waals surface area (Å²) in [7, 11) is 1.38. The lowest BCUT2D eigenvalue weighted by atomic mass is 9.97. The molecule has 0 spiro atoms. The van der Waals surface area contributed by atoms with Crippen LogP contribution in [0.2, 0.25) is 0 Å². The molecule has 2 aromatic carbocycles. The zero-order chi connectivity index (χ0) is 20.8. The number of amides is 1. The van der Waals surface area contributed by atoms with E-state index in [1.165, 1.54) is 19.2 Å². The van der Waals surface area contributed by atoms with E-state index in [0.717, 1.165) is 31.5 Å². The Morgan fingerprint density at radius 1 is 1.24 bits per heavy atom. The van der Waals surface area contributed by atoms with E-state index in [2.05, 4.69) is 10.2 Å². The van der Waals surface area contributed by atoms with E-state index >= 15 is 0 Å². The fourth-order valence-corrected chi connectivity index (χ4v) is 3.67. The van der Waals surface area contributed by atoms with Crippen LogP contribution in [0.3, 0.4) is 0 Å². The number of likely N-dealkylation sites (tertiary alicyclic amines) is 1. The number of ether oxygens (including phenoxy) is 1. The Balaban J connectivity index is 1.53. The van der Waals surface area contributed by atoms with E-state index in [1.54, 1.807) is 24.3 Å². The van der Waals surface area contributed by atoms with Crippen molar-refractivity contribution in [1.82, 2.24) is 10.2 Å². The van der Waals surface area contributed by atoms with E-state index in [0.29, 0.717) is 19.0 Å². The van der Waals surface area contributed by atoms with Gasteiger partial charge in [0.2, 0.25) is 0 Å². The number of carboxylic acids is 1. The van der Waals surface area contributed by atoms with Crippen LogP contribution < -0.4 is 10.1 Å². The fraction of sp³-hybridized carbons (Fsp3) is 0.364. The largest absolute Gasteiger partial charge is 0.494 e. The molecule has 0 radical (unpaired) electrons. The van der Waals surface area contributed by atoms with Gasteiger partial charge in [0.15, 0.2) is 11.6 Å². The second-order valence-corrected chi connectivity index (χ2v) is 7.31. The normalized spacial score (nSPS) is 17.0. The van der Waals surface area contributed by atoms with Crippen LogP contribution in [0.15, 0.2) is 42.5 Å². The van der Waals surface area contributed by atoms with Gasteiger partial charge in [-0.3, -0.25) is 9.69 Å². The minimum Gasteiger partial charge on any atom is -0.494 e. The standard InChI is InChI=1S/C22H25FN2O4/c1-29-20-8-7-17(11-19(20)23)21(26)24-12-16-5-3-9-25(14-16)13-15-4-2-6-18(10-15)22(27)28/h2,4,6-8,10-11,16H,3,5,9,12-14H2,1H3,(H,24,26)(H,27,28). The zero-order valence-corrected chi connectivity index (χ0v) is 16.4. The molecule has 1 heterocycles. The lowest BCUT2D eigenvalue weighted by molar-refractivity contribution is 0.0696. The summed E-state index contributed by atoms with van der Waals surface area (Å²) in [5.41, 5.74) is 1.51. The highest BCUT2D eigenvalue weighted by Crippen LogP contribution is 2.20. The molecule has 0 bridgehead atoms. The fourth-order valence-electron chi connectivity index (χ4n) is 3.67. The third-order valence-corrected chi connectivity index (χ3v) is 5.15. The highest BCUT2D eigenvalue weighted by Gasteiger charge is 2.21. The first kappa shape index (κ1) is 20.8. The number of hydrogen-bond acceptors (Lipinski definition) is 4. The molecule has 3 rings (SSSR count). The second kappa shape index (κ2) is 9.52. The topological polar surface area (TPSA) is 78.9 Å². The molecular formula is C22H25FN2O4. The molecule has 154 valence electrons. The zero-order valence-electron chi connectivity index (χ0n) is 16.4. The van der Waals surface area contributed by atoms with Crippen molar-refractivity contribution in [2.75, 3.05) is 26.7 Å². The Hall–Kier alpha value is -2.93. The average Bonchev–Trinajstić information content (AvgIpc) is 2.72. The van der Waals surface area contributed by atoms with Gasteiger partial charge in [0.1, 0.15) is 0 Å². The number of rotatable bonds is 7. The number of piperidine rings is 1. The van der Waals surface area contributed by atoms with Crippen LogP contribution in [0, 0.1) is 11.7 Å². The lowest BCUT2D eigenvalue weighted by Gasteiger charge is -2.33. The van der Waals surface area contributed by atoms with Gasteiger partial charge in [0.25, 0.3) is 5.91 Å². The number of nitrogens with one attached hydrogen (secondary N) is 1.